The second-order valence-electron chi connectivity index (χ2n) is 9.79. The number of fused-ring (bicyclic) bond motifs is 1. The van der Waals surface area contributed by atoms with E-state index in [0.29, 0.717) is 29.8 Å². The van der Waals surface area contributed by atoms with Gasteiger partial charge < -0.3 is 4.74 Å². The zero-order valence-electron chi connectivity index (χ0n) is 21.6. The fourth-order valence-corrected chi connectivity index (χ4v) is 5.55. The summed E-state index contributed by atoms with van der Waals surface area (Å²) < 4.78 is 32.7. The van der Waals surface area contributed by atoms with Crippen molar-refractivity contribution in [3.63, 3.8) is 0 Å². The number of aromatic nitrogens is 4. The van der Waals surface area contributed by atoms with E-state index in [9.17, 15) is 18.4 Å². The number of nitrogens with one attached hydrogen (secondary N) is 1. The van der Waals surface area contributed by atoms with Crippen LogP contribution in [0.4, 0.5) is 19.7 Å². The Morgan fingerprint density at radius 3 is 2.75 bits per heavy atom. The van der Waals surface area contributed by atoms with Gasteiger partial charge in [-0.2, -0.15) is 0 Å². The highest BCUT2D eigenvalue weighted by molar-refractivity contribution is 7.15. The van der Waals surface area contributed by atoms with Crippen molar-refractivity contribution in [2.75, 3.05) is 37.0 Å². The Balaban J connectivity index is 1.37. The predicted molar refractivity (Wildman–Crippen MR) is 143 cm³/mol. The van der Waals surface area contributed by atoms with Crippen LogP contribution in [0.1, 0.15) is 53.2 Å². The monoisotopic (exact) mass is 565 g/mol. The highest BCUT2D eigenvalue weighted by Gasteiger charge is 2.39. The number of rotatable bonds is 6. The molecule has 1 unspecified atom stereocenters. The maximum Gasteiger partial charge on any atom is 0.280 e. The molecule has 13 heteroatoms. The lowest BCUT2D eigenvalue weighted by Gasteiger charge is -2.36. The first-order valence-corrected chi connectivity index (χ1v) is 13.8. The zero-order chi connectivity index (χ0) is 27.8. The summed E-state index contributed by atoms with van der Waals surface area (Å²) >= 11 is 1.14. The van der Waals surface area contributed by atoms with Crippen LogP contribution in [0.3, 0.4) is 0 Å². The van der Waals surface area contributed by atoms with Gasteiger partial charge in [0, 0.05) is 36.3 Å². The van der Waals surface area contributed by atoms with E-state index in [-0.39, 0.29) is 39.5 Å². The number of ether oxygens (including phenoxy) is 1. The lowest BCUT2D eigenvalue weighted by Crippen LogP contribution is -2.54. The molecule has 0 bridgehead atoms. The molecule has 1 N–H and O–H groups in total. The van der Waals surface area contributed by atoms with Gasteiger partial charge in [0.15, 0.2) is 5.01 Å². The molecule has 1 saturated carbocycles. The third-order valence-corrected chi connectivity index (χ3v) is 7.92. The molecule has 206 valence electrons. The van der Waals surface area contributed by atoms with E-state index in [2.05, 4.69) is 42.2 Å². The zero-order valence-corrected chi connectivity index (χ0v) is 22.4. The molecule has 3 aliphatic rings. The molecule has 3 aromatic heterocycles. The summed E-state index contributed by atoms with van der Waals surface area (Å²) in [5.41, 5.74) is 0.103. The molecule has 2 aliphatic heterocycles. The molecule has 3 aromatic rings. The average Bonchev–Trinajstić information content (AvgIpc) is 3.47. The fraction of sp³-hybridized carbons (Fsp3) is 0.407. The highest BCUT2D eigenvalue weighted by atomic mass is 32.1. The smallest absolute Gasteiger partial charge is 0.280 e. The summed E-state index contributed by atoms with van der Waals surface area (Å²) in [6.45, 7) is 2.01. The quantitative estimate of drug-likeness (QED) is 0.450. The van der Waals surface area contributed by atoms with Crippen LogP contribution >= 0.6 is 11.3 Å². The van der Waals surface area contributed by atoms with Crippen molar-refractivity contribution < 1.29 is 23.1 Å². The summed E-state index contributed by atoms with van der Waals surface area (Å²) in [6.07, 6.45) is 3.57. The fourth-order valence-electron chi connectivity index (χ4n) is 4.95. The molecule has 6 rings (SSSR count). The molecular weight excluding hydrogens is 540 g/mol. The van der Waals surface area contributed by atoms with Crippen molar-refractivity contribution >= 4 is 34.1 Å². The minimum atomic E-state index is -2.84. The first-order valence-electron chi connectivity index (χ1n) is 13.0. The number of carbonyl (C=O) groups excluding carboxylic acids is 2. The molecule has 2 saturated heterocycles. The number of halogens is 2. The van der Waals surface area contributed by atoms with Gasteiger partial charge in [-0.05, 0) is 50.3 Å². The second-order valence-corrected chi connectivity index (χ2v) is 10.8. The number of piperazine rings is 1. The minimum Gasteiger partial charge on any atom is -0.494 e. The lowest BCUT2D eigenvalue weighted by atomic mass is 9.99. The van der Waals surface area contributed by atoms with E-state index in [1.165, 1.54) is 25.6 Å². The Morgan fingerprint density at radius 2 is 1.98 bits per heavy atom. The van der Waals surface area contributed by atoms with Crippen molar-refractivity contribution in [1.82, 2.24) is 25.1 Å². The van der Waals surface area contributed by atoms with Gasteiger partial charge in [0.05, 0.1) is 24.9 Å². The van der Waals surface area contributed by atoms with Gasteiger partial charge >= 0.3 is 0 Å². The van der Waals surface area contributed by atoms with Gasteiger partial charge in [-0.1, -0.05) is 17.3 Å². The van der Waals surface area contributed by atoms with Gasteiger partial charge in [0.25, 0.3) is 12.3 Å². The SMILES string of the molecule is COc1cnc(C(F)F)cc1-c1cc(N2CCN3CCCC3C2=O)ncc1C(=O)Nc1nnc(C#CC2CC2)s1. The summed E-state index contributed by atoms with van der Waals surface area (Å²) in [7, 11) is 1.39. The maximum atomic E-state index is 13.6. The topological polar surface area (TPSA) is 113 Å². The molecule has 5 heterocycles. The van der Waals surface area contributed by atoms with Crippen LogP contribution in [0.25, 0.3) is 11.1 Å². The molecule has 3 fully saturated rings. The van der Waals surface area contributed by atoms with Gasteiger partial charge in [-0.3, -0.25) is 29.7 Å². The van der Waals surface area contributed by atoms with E-state index in [1.807, 2.05) is 0 Å². The van der Waals surface area contributed by atoms with Crippen molar-refractivity contribution in [3.8, 4) is 28.7 Å². The molecule has 1 aliphatic carbocycles. The summed E-state index contributed by atoms with van der Waals surface area (Å²) in [5, 5.41) is 11.5. The number of hydrogen-bond acceptors (Lipinski definition) is 9. The van der Waals surface area contributed by atoms with Crippen molar-refractivity contribution in [3.05, 3.63) is 40.8 Å². The van der Waals surface area contributed by atoms with E-state index in [1.54, 1.807) is 11.0 Å². The standard InChI is InChI=1S/C27H25F2N7O3S/c1-39-21-14-30-19(24(28)29)11-17(21)16-12-22(36-10-9-35-8-2-3-20(35)26(36)38)31-13-18(16)25(37)32-27-34-33-23(40-27)7-6-15-4-5-15/h11-15,20,24H,2-5,8-10H2,1H3,(H,32,34,37). The predicted octanol–water partition coefficient (Wildman–Crippen LogP) is 3.77. The van der Waals surface area contributed by atoms with Crippen LogP contribution < -0.4 is 15.0 Å². The van der Waals surface area contributed by atoms with Gasteiger partial charge in [0.2, 0.25) is 11.0 Å². The van der Waals surface area contributed by atoms with E-state index < -0.39 is 18.0 Å². The largest absolute Gasteiger partial charge is 0.494 e. The van der Waals surface area contributed by atoms with Crippen LogP contribution in [0, 0.1) is 17.8 Å². The summed E-state index contributed by atoms with van der Waals surface area (Å²) in [4.78, 5) is 38.8. The summed E-state index contributed by atoms with van der Waals surface area (Å²) in [6, 6.07) is 2.54. The van der Waals surface area contributed by atoms with Crippen LogP contribution in [-0.2, 0) is 4.79 Å². The lowest BCUT2D eigenvalue weighted by molar-refractivity contribution is -0.124. The number of alkyl halides is 2. The van der Waals surface area contributed by atoms with Gasteiger partial charge in [-0.25, -0.2) is 13.8 Å². The molecule has 10 nitrogen and oxygen atoms in total. The molecule has 1 atom stereocenters. The molecule has 0 radical (unpaired) electrons. The van der Waals surface area contributed by atoms with Crippen molar-refractivity contribution in [1.29, 1.82) is 0 Å². The highest BCUT2D eigenvalue weighted by Crippen LogP contribution is 2.37. The average molecular weight is 566 g/mol. The normalized spacial score (nSPS) is 18.9. The Hall–Kier alpha value is -4.02. The minimum absolute atomic E-state index is 0.0666. The number of amides is 2. The maximum absolute atomic E-state index is 13.6. The Kier molecular flexibility index (Phi) is 7.12. The molecule has 0 spiro atoms. The van der Waals surface area contributed by atoms with E-state index in [4.69, 9.17) is 4.74 Å². The van der Waals surface area contributed by atoms with Crippen molar-refractivity contribution in [2.24, 2.45) is 5.92 Å². The number of methoxy groups -OCH3 is 1. The first kappa shape index (κ1) is 26.2. The first-order chi connectivity index (χ1) is 19.4. The Labute approximate surface area is 232 Å². The number of pyridine rings is 2. The van der Waals surface area contributed by atoms with Gasteiger partial charge in [0.1, 0.15) is 17.3 Å². The van der Waals surface area contributed by atoms with Crippen LogP contribution in [0.5, 0.6) is 5.75 Å². The number of nitrogens with zero attached hydrogens (tertiary/aromatic N) is 6. The van der Waals surface area contributed by atoms with Gasteiger partial charge in [-0.15, -0.1) is 10.2 Å². The Morgan fingerprint density at radius 1 is 1.12 bits per heavy atom. The van der Waals surface area contributed by atoms with Crippen molar-refractivity contribution in [2.45, 2.75) is 38.2 Å². The molecule has 2 amide bonds. The van der Waals surface area contributed by atoms with E-state index in [0.717, 1.165) is 43.6 Å². The summed E-state index contributed by atoms with van der Waals surface area (Å²) in [5.74, 6) is 6.35. The van der Waals surface area contributed by atoms with E-state index >= 15 is 0 Å². The molecule has 0 aromatic carbocycles. The van der Waals surface area contributed by atoms with Crippen LogP contribution in [-0.4, -0.2) is 69.7 Å². The molecular formula is C27H25F2N7O3S. The number of carbonyl (C=O) groups is 2. The second kappa shape index (κ2) is 10.9. The van der Waals surface area contributed by atoms with Crippen LogP contribution in [0.15, 0.2) is 24.5 Å². The molecule has 40 heavy (non-hydrogen) atoms. The third-order valence-electron chi connectivity index (χ3n) is 7.16. The number of hydrogen-bond donors (Lipinski definition) is 1. The number of anilines is 2. The Bertz CT molecular complexity index is 1530. The third kappa shape index (κ3) is 5.24. The van der Waals surface area contributed by atoms with Crippen LogP contribution in [0.2, 0.25) is 0 Å².